The summed E-state index contributed by atoms with van der Waals surface area (Å²) in [5, 5.41) is 3.05. The highest BCUT2D eigenvalue weighted by Gasteiger charge is 2.34. The van der Waals surface area contributed by atoms with Gasteiger partial charge in [0.15, 0.2) is 0 Å². The van der Waals surface area contributed by atoms with Gasteiger partial charge >= 0.3 is 6.03 Å². The second-order valence-electron chi connectivity index (χ2n) is 6.14. The molecule has 27 heavy (non-hydrogen) atoms. The van der Waals surface area contributed by atoms with Gasteiger partial charge in [-0.1, -0.05) is 30.7 Å². The Bertz CT molecular complexity index is 929. The molecule has 1 aliphatic heterocycles. The molecule has 1 aliphatic rings. The van der Waals surface area contributed by atoms with Crippen molar-refractivity contribution in [2.75, 3.05) is 4.90 Å². The predicted octanol–water partition coefficient (Wildman–Crippen LogP) is 5.38. The van der Waals surface area contributed by atoms with Gasteiger partial charge in [-0.2, -0.15) is 0 Å². The van der Waals surface area contributed by atoms with E-state index in [1.165, 1.54) is 0 Å². The average Bonchev–Trinajstić information content (AvgIpc) is 2.90. The van der Waals surface area contributed by atoms with Gasteiger partial charge in [-0.25, -0.2) is 9.69 Å². The third kappa shape index (κ3) is 4.34. The Balaban J connectivity index is 1.84. The van der Waals surface area contributed by atoms with E-state index in [2.05, 4.69) is 28.2 Å². The van der Waals surface area contributed by atoms with E-state index in [0.29, 0.717) is 10.7 Å². The number of rotatable bonds is 5. The SMILES string of the molecule is CC[C@@H](C)Oc1ccc(/C=C2/NC(=O)N(c3cccc(Cl)c3)C2=O)cc1Br. The molecule has 2 aromatic rings. The summed E-state index contributed by atoms with van der Waals surface area (Å²) in [7, 11) is 0. The van der Waals surface area contributed by atoms with Crippen LogP contribution < -0.4 is 15.0 Å². The van der Waals surface area contributed by atoms with Gasteiger partial charge in [0.05, 0.1) is 16.3 Å². The number of hydrogen-bond donors (Lipinski definition) is 1. The van der Waals surface area contributed by atoms with Gasteiger partial charge in [0.25, 0.3) is 5.91 Å². The van der Waals surface area contributed by atoms with Crippen molar-refractivity contribution in [2.24, 2.45) is 0 Å². The van der Waals surface area contributed by atoms with Crippen molar-refractivity contribution in [3.8, 4) is 5.75 Å². The van der Waals surface area contributed by atoms with Crippen LogP contribution in [0.2, 0.25) is 5.02 Å². The van der Waals surface area contributed by atoms with Crippen molar-refractivity contribution in [1.82, 2.24) is 5.32 Å². The Morgan fingerprint density at radius 3 is 2.70 bits per heavy atom. The van der Waals surface area contributed by atoms with Gasteiger partial charge in [0, 0.05) is 5.02 Å². The first-order chi connectivity index (χ1) is 12.9. The lowest BCUT2D eigenvalue weighted by molar-refractivity contribution is -0.113. The summed E-state index contributed by atoms with van der Waals surface area (Å²) in [6.45, 7) is 4.05. The van der Waals surface area contributed by atoms with Crippen molar-refractivity contribution in [2.45, 2.75) is 26.4 Å². The van der Waals surface area contributed by atoms with Crippen LogP contribution in [0, 0.1) is 0 Å². The van der Waals surface area contributed by atoms with Crippen LogP contribution in [-0.4, -0.2) is 18.0 Å². The highest BCUT2D eigenvalue weighted by molar-refractivity contribution is 9.10. The van der Waals surface area contributed by atoms with E-state index < -0.39 is 11.9 Å². The van der Waals surface area contributed by atoms with Crippen LogP contribution in [0.4, 0.5) is 10.5 Å². The molecule has 0 saturated carbocycles. The smallest absolute Gasteiger partial charge is 0.333 e. The summed E-state index contributed by atoms with van der Waals surface area (Å²) in [4.78, 5) is 26.0. The first-order valence-corrected chi connectivity index (χ1v) is 9.65. The number of nitrogens with zero attached hydrogens (tertiary/aromatic N) is 1. The number of hydrogen-bond acceptors (Lipinski definition) is 3. The zero-order valence-corrected chi connectivity index (χ0v) is 17.2. The quantitative estimate of drug-likeness (QED) is 0.493. The zero-order chi connectivity index (χ0) is 19.6. The lowest BCUT2D eigenvalue weighted by Gasteiger charge is -2.14. The highest BCUT2D eigenvalue weighted by Crippen LogP contribution is 2.29. The summed E-state index contributed by atoms with van der Waals surface area (Å²) in [6.07, 6.45) is 2.63. The second-order valence-corrected chi connectivity index (χ2v) is 7.43. The number of halogens is 2. The van der Waals surface area contributed by atoms with E-state index >= 15 is 0 Å². The van der Waals surface area contributed by atoms with E-state index in [-0.39, 0.29) is 11.8 Å². The molecule has 1 saturated heterocycles. The molecule has 3 amide bonds. The fourth-order valence-electron chi connectivity index (χ4n) is 2.55. The Morgan fingerprint density at radius 1 is 1.26 bits per heavy atom. The molecule has 1 N–H and O–H groups in total. The number of carbonyl (C=O) groups excluding carboxylic acids is 2. The van der Waals surface area contributed by atoms with Crippen LogP contribution in [0.5, 0.6) is 5.75 Å². The fourth-order valence-corrected chi connectivity index (χ4v) is 3.23. The van der Waals surface area contributed by atoms with Crippen molar-refractivity contribution in [3.63, 3.8) is 0 Å². The van der Waals surface area contributed by atoms with Gasteiger partial charge in [0.1, 0.15) is 11.4 Å². The summed E-state index contributed by atoms with van der Waals surface area (Å²) >= 11 is 9.45. The molecule has 3 rings (SSSR count). The molecule has 1 heterocycles. The molecule has 140 valence electrons. The summed E-state index contributed by atoms with van der Waals surface area (Å²) in [5.74, 6) is 0.298. The number of ether oxygens (including phenoxy) is 1. The van der Waals surface area contributed by atoms with E-state index in [9.17, 15) is 9.59 Å². The van der Waals surface area contributed by atoms with Crippen LogP contribution in [0.25, 0.3) is 6.08 Å². The van der Waals surface area contributed by atoms with Crippen molar-refractivity contribution in [3.05, 3.63) is 63.2 Å². The third-order valence-corrected chi connectivity index (χ3v) is 4.97. The maximum Gasteiger partial charge on any atom is 0.333 e. The van der Waals surface area contributed by atoms with E-state index in [0.717, 1.165) is 27.1 Å². The third-order valence-electron chi connectivity index (χ3n) is 4.11. The Kier molecular flexibility index (Phi) is 5.87. The molecule has 1 fully saturated rings. The number of imide groups is 1. The number of nitrogens with one attached hydrogen (secondary N) is 1. The maximum absolute atomic E-state index is 12.7. The van der Waals surface area contributed by atoms with E-state index in [4.69, 9.17) is 16.3 Å². The van der Waals surface area contributed by atoms with Gasteiger partial charge in [-0.05, 0) is 71.2 Å². The Morgan fingerprint density at radius 2 is 2.04 bits per heavy atom. The van der Waals surface area contributed by atoms with E-state index in [1.54, 1.807) is 30.3 Å². The minimum absolute atomic E-state index is 0.104. The highest BCUT2D eigenvalue weighted by atomic mass is 79.9. The molecular formula is C20H18BrClN2O3. The second kappa shape index (κ2) is 8.15. The lowest BCUT2D eigenvalue weighted by Crippen LogP contribution is -2.30. The number of urea groups is 1. The van der Waals surface area contributed by atoms with Crippen LogP contribution >= 0.6 is 27.5 Å². The molecule has 1 atom stereocenters. The Hall–Kier alpha value is -2.31. The number of anilines is 1. The minimum Gasteiger partial charge on any atom is -0.490 e. The lowest BCUT2D eigenvalue weighted by atomic mass is 10.1. The first-order valence-electron chi connectivity index (χ1n) is 8.48. The predicted molar refractivity (Wildman–Crippen MR) is 110 cm³/mol. The number of carbonyl (C=O) groups is 2. The van der Waals surface area contributed by atoms with Crippen molar-refractivity contribution < 1.29 is 14.3 Å². The molecule has 0 unspecified atom stereocenters. The van der Waals surface area contributed by atoms with Gasteiger partial charge < -0.3 is 10.1 Å². The monoisotopic (exact) mass is 448 g/mol. The molecule has 0 aromatic heterocycles. The molecule has 5 nitrogen and oxygen atoms in total. The summed E-state index contributed by atoms with van der Waals surface area (Å²) < 4.78 is 6.60. The first kappa shape index (κ1) is 19.5. The number of amides is 3. The van der Waals surface area contributed by atoms with Crippen LogP contribution in [0.15, 0.2) is 52.6 Å². The fraction of sp³-hybridized carbons (Fsp3) is 0.200. The largest absolute Gasteiger partial charge is 0.490 e. The topological polar surface area (TPSA) is 58.6 Å². The molecule has 7 heteroatoms. The molecule has 0 radical (unpaired) electrons. The average molecular weight is 450 g/mol. The van der Waals surface area contributed by atoms with Crippen LogP contribution in [0.3, 0.4) is 0 Å². The standard InChI is InChI=1S/C20H18BrClN2O3/c1-3-12(2)27-18-8-7-13(9-16(18)21)10-17-19(25)24(20(26)23-17)15-6-4-5-14(22)11-15/h4-12H,3H2,1-2H3,(H,23,26)/b17-10+/t12-/m1/s1. The molecular weight excluding hydrogens is 432 g/mol. The Labute approximate surface area is 171 Å². The zero-order valence-electron chi connectivity index (χ0n) is 14.8. The molecule has 2 aromatic carbocycles. The van der Waals surface area contributed by atoms with E-state index in [1.807, 2.05) is 25.1 Å². The van der Waals surface area contributed by atoms with Gasteiger partial charge in [-0.3, -0.25) is 4.79 Å². The van der Waals surface area contributed by atoms with Gasteiger partial charge in [-0.15, -0.1) is 0 Å². The van der Waals surface area contributed by atoms with Gasteiger partial charge in [0.2, 0.25) is 0 Å². The molecule has 0 bridgehead atoms. The molecule has 0 spiro atoms. The maximum atomic E-state index is 12.7. The molecule has 0 aliphatic carbocycles. The van der Waals surface area contributed by atoms with Crippen LogP contribution in [0.1, 0.15) is 25.8 Å². The summed E-state index contributed by atoms with van der Waals surface area (Å²) in [6, 6.07) is 11.6. The van der Waals surface area contributed by atoms with Crippen molar-refractivity contribution >= 4 is 51.2 Å². The normalized spacial score (nSPS) is 16.6. The van der Waals surface area contributed by atoms with Crippen molar-refractivity contribution in [1.29, 1.82) is 0 Å². The summed E-state index contributed by atoms with van der Waals surface area (Å²) in [5.41, 5.74) is 1.38. The number of benzene rings is 2. The van der Waals surface area contributed by atoms with Crippen LogP contribution in [-0.2, 0) is 4.79 Å². The minimum atomic E-state index is -0.510.